The smallest absolute Gasteiger partial charge is 0.239 e. The van der Waals surface area contributed by atoms with Crippen molar-refractivity contribution in [1.29, 1.82) is 0 Å². The summed E-state index contributed by atoms with van der Waals surface area (Å²) < 4.78 is 5.44. The molecule has 1 aliphatic heterocycles. The van der Waals surface area contributed by atoms with Crippen molar-refractivity contribution in [3.8, 4) is 5.75 Å². The van der Waals surface area contributed by atoms with Gasteiger partial charge in [-0.15, -0.1) is 0 Å². The van der Waals surface area contributed by atoms with Crippen molar-refractivity contribution in [3.63, 3.8) is 0 Å². The molecule has 3 N–H and O–H groups in total. The quantitative estimate of drug-likeness (QED) is 0.821. The summed E-state index contributed by atoms with van der Waals surface area (Å²) in [7, 11) is 0. The summed E-state index contributed by atoms with van der Waals surface area (Å²) >= 11 is 0. The first-order chi connectivity index (χ1) is 8.08. The zero-order chi connectivity index (χ0) is 12.4. The molecule has 92 valence electrons. The summed E-state index contributed by atoms with van der Waals surface area (Å²) in [6.07, 6.45) is 0.899. The van der Waals surface area contributed by atoms with Crippen LogP contribution in [0.25, 0.3) is 0 Å². The molecule has 0 aliphatic carbocycles. The molecule has 1 unspecified atom stereocenters. The van der Waals surface area contributed by atoms with E-state index in [9.17, 15) is 4.79 Å². The predicted octanol–water partition coefficient (Wildman–Crippen LogP) is 1.15. The molecule has 17 heavy (non-hydrogen) atoms. The Balaban J connectivity index is 2.27. The van der Waals surface area contributed by atoms with E-state index in [2.05, 4.69) is 5.32 Å². The minimum Gasteiger partial charge on any atom is -0.493 e. The molecule has 1 amide bonds. The number of benzene rings is 1. The van der Waals surface area contributed by atoms with Crippen LogP contribution in [0.2, 0.25) is 0 Å². The molecule has 0 radical (unpaired) electrons. The average molecular weight is 234 g/mol. The van der Waals surface area contributed by atoms with Gasteiger partial charge in [0.15, 0.2) is 0 Å². The van der Waals surface area contributed by atoms with E-state index < -0.39 is 6.04 Å². The highest BCUT2D eigenvalue weighted by Gasteiger charge is 2.21. The van der Waals surface area contributed by atoms with Crippen molar-refractivity contribution in [1.82, 2.24) is 5.32 Å². The van der Waals surface area contributed by atoms with Gasteiger partial charge in [0.25, 0.3) is 0 Å². The van der Waals surface area contributed by atoms with Crippen LogP contribution in [-0.4, -0.2) is 18.6 Å². The Labute approximate surface area is 101 Å². The molecule has 0 spiro atoms. The van der Waals surface area contributed by atoms with Gasteiger partial charge in [-0.05, 0) is 37.1 Å². The third kappa shape index (κ3) is 2.58. The van der Waals surface area contributed by atoms with Crippen LogP contribution in [-0.2, 0) is 11.2 Å². The van der Waals surface area contributed by atoms with E-state index in [1.54, 1.807) is 0 Å². The molecule has 0 aromatic heterocycles. The Hall–Kier alpha value is -1.55. The van der Waals surface area contributed by atoms with E-state index in [-0.39, 0.29) is 11.9 Å². The first-order valence-corrected chi connectivity index (χ1v) is 5.89. The van der Waals surface area contributed by atoms with Crippen molar-refractivity contribution in [2.24, 2.45) is 5.73 Å². The second-order valence-electron chi connectivity index (χ2n) is 4.62. The van der Waals surface area contributed by atoms with Gasteiger partial charge in [-0.2, -0.15) is 0 Å². The number of ether oxygens (including phenoxy) is 1. The number of hydrogen-bond acceptors (Lipinski definition) is 3. The van der Waals surface area contributed by atoms with Gasteiger partial charge < -0.3 is 10.5 Å². The van der Waals surface area contributed by atoms with E-state index in [1.807, 2.05) is 32.0 Å². The van der Waals surface area contributed by atoms with Gasteiger partial charge in [0.05, 0.1) is 6.61 Å². The molecule has 4 heteroatoms. The summed E-state index contributed by atoms with van der Waals surface area (Å²) in [5.41, 5.74) is 7.49. The highest BCUT2D eigenvalue weighted by atomic mass is 16.5. The van der Waals surface area contributed by atoms with Gasteiger partial charge in [0.1, 0.15) is 11.8 Å². The molecule has 1 aromatic carbocycles. The number of carbonyl (C=O) groups excluding carboxylic acids is 1. The molecule has 1 aromatic rings. The van der Waals surface area contributed by atoms with Gasteiger partial charge in [-0.1, -0.05) is 6.07 Å². The molecule has 0 saturated heterocycles. The number of amides is 1. The van der Waals surface area contributed by atoms with Gasteiger partial charge in [0.2, 0.25) is 5.91 Å². The lowest BCUT2D eigenvalue weighted by Gasteiger charge is -2.19. The van der Waals surface area contributed by atoms with E-state index in [4.69, 9.17) is 10.5 Å². The summed E-state index contributed by atoms with van der Waals surface area (Å²) in [6, 6.07) is 5.59. The number of fused-ring (bicyclic) bond motifs is 1. The van der Waals surface area contributed by atoms with Crippen LogP contribution in [0.5, 0.6) is 5.75 Å². The second kappa shape index (κ2) is 4.75. The van der Waals surface area contributed by atoms with Crippen LogP contribution in [0.15, 0.2) is 18.2 Å². The third-order valence-electron chi connectivity index (χ3n) is 2.83. The van der Waals surface area contributed by atoms with Crippen molar-refractivity contribution >= 4 is 5.91 Å². The minimum atomic E-state index is -0.430. The second-order valence-corrected chi connectivity index (χ2v) is 4.62. The number of carbonyl (C=O) groups is 1. The number of hydrogen-bond donors (Lipinski definition) is 2. The van der Waals surface area contributed by atoms with Crippen LogP contribution < -0.4 is 15.8 Å². The zero-order valence-electron chi connectivity index (χ0n) is 10.2. The predicted molar refractivity (Wildman–Crippen MR) is 65.8 cm³/mol. The van der Waals surface area contributed by atoms with Gasteiger partial charge in [0, 0.05) is 12.5 Å². The normalized spacial score (nSPS) is 15.5. The maximum absolute atomic E-state index is 11.5. The van der Waals surface area contributed by atoms with Crippen LogP contribution in [0.3, 0.4) is 0 Å². The van der Waals surface area contributed by atoms with E-state index >= 15 is 0 Å². The summed E-state index contributed by atoms with van der Waals surface area (Å²) in [5.74, 6) is 0.569. The van der Waals surface area contributed by atoms with Gasteiger partial charge in [-0.25, -0.2) is 0 Å². The summed E-state index contributed by atoms with van der Waals surface area (Å²) in [6.45, 7) is 4.70. The number of primary amides is 1. The monoisotopic (exact) mass is 234 g/mol. The van der Waals surface area contributed by atoms with Crippen LogP contribution >= 0.6 is 0 Å². The highest BCUT2D eigenvalue weighted by molar-refractivity contribution is 5.81. The minimum absolute atomic E-state index is 0.206. The highest BCUT2D eigenvalue weighted by Crippen LogP contribution is 2.28. The molecule has 0 fully saturated rings. The summed E-state index contributed by atoms with van der Waals surface area (Å²) in [5, 5.41) is 3.17. The molecular weight excluding hydrogens is 216 g/mol. The molecule has 0 saturated carbocycles. The molecule has 1 atom stereocenters. The number of nitrogens with two attached hydrogens (primary N) is 1. The third-order valence-corrected chi connectivity index (χ3v) is 2.83. The fraction of sp³-hybridized carbons (Fsp3) is 0.462. The fourth-order valence-corrected chi connectivity index (χ4v) is 2.06. The summed E-state index contributed by atoms with van der Waals surface area (Å²) in [4.78, 5) is 11.5. The molecule has 1 heterocycles. The Morgan fingerprint density at radius 3 is 2.88 bits per heavy atom. The van der Waals surface area contributed by atoms with Crippen LogP contribution in [0.1, 0.15) is 31.0 Å². The SMILES string of the molecule is CC(C)NC(C(N)=O)c1ccc2c(c1)CCO2. The molecular formula is C13H18N2O2. The van der Waals surface area contributed by atoms with Crippen LogP contribution in [0.4, 0.5) is 0 Å². The van der Waals surface area contributed by atoms with Crippen LogP contribution in [0, 0.1) is 0 Å². The zero-order valence-corrected chi connectivity index (χ0v) is 10.2. The first kappa shape index (κ1) is 11.9. The standard InChI is InChI=1S/C13H18N2O2/c1-8(2)15-12(13(14)16)10-3-4-11-9(7-10)5-6-17-11/h3-4,7-8,12,15H,5-6H2,1-2H3,(H2,14,16). The molecule has 0 bridgehead atoms. The average Bonchev–Trinajstić information content (AvgIpc) is 2.72. The Bertz CT molecular complexity index is 429. The fourth-order valence-electron chi connectivity index (χ4n) is 2.06. The van der Waals surface area contributed by atoms with Crippen molar-refractivity contribution in [2.45, 2.75) is 32.4 Å². The van der Waals surface area contributed by atoms with Gasteiger partial charge >= 0.3 is 0 Å². The number of nitrogens with one attached hydrogen (secondary N) is 1. The first-order valence-electron chi connectivity index (χ1n) is 5.89. The lowest BCUT2D eigenvalue weighted by Crippen LogP contribution is -2.37. The Kier molecular flexibility index (Phi) is 3.33. The Morgan fingerprint density at radius 1 is 1.47 bits per heavy atom. The number of rotatable bonds is 4. The lowest BCUT2D eigenvalue weighted by atomic mass is 10.0. The maximum Gasteiger partial charge on any atom is 0.239 e. The molecule has 2 rings (SSSR count). The van der Waals surface area contributed by atoms with E-state index in [0.717, 1.165) is 29.9 Å². The van der Waals surface area contributed by atoms with Crippen molar-refractivity contribution in [3.05, 3.63) is 29.3 Å². The van der Waals surface area contributed by atoms with E-state index in [0.29, 0.717) is 0 Å². The van der Waals surface area contributed by atoms with Gasteiger partial charge in [-0.3, -0.25) is 10.1 Å². The molecule has 4 nitrogen and oxygen atoms in total. The Morgan fingerprint density at radius 2 is 2.24 bits per heavy atom. The van der Waals surface area contributed by atoms with Crippen molar-refractivity contribution in [2.75, 3.05) is 6.61 Å². The van der Waals surface area contributed by atoms with E-state index in [1.165, 1.54) is 0 Å². The largest absolute Gasteiger partial charge is 0.493 e. The lowest BCUT2D eigenvalue weighted by molar-refractivity contribution is -0.120. The topological polar surface area (TPSA) is 64.3 Å². The molecule has 1 aliphatic rings. The van der Waals surface area contributed by atoms with Crippen molar-refractivity contribution < 1.29 is 9.53 Å². The maximum atomic E-state index is 11.5.